The summed E-state index contributed by atoms with van der Waals surface area (Å²) in [5.74, 6) is 2.31. The Labute approximate surface area is 67.6 Å². The first-order valence-corrected chi connectivity index (χ1v) is 3.61. The Hall–Kier alpha value is -1.01. The van der Waals surface area contributed by atoms with Crippen molar-refractivity contribution in [2.45, 2.75) is 19.9 Å². The molecule has 0 aromatic carbocycles. The summed E-state index contributed by atoms with van der Waals surface area (Å²) in [4.78, 5) is 12.7. The zero-order valence-corrected chi connectivity index (χ0v) is 7.00. The fraction of sp³-hybridized carbons (Fsp3) is 0.625. The molecule has 3 nitrogen and oxygen atoms in total. The lowest BCUT2D eigenvalue weighted by atomic mass is 10.3. The van der Waals surface area contributed by atoms with Crippen LogP contribution < -0.4 is 5.73 Å². The Kier molecular flexibility index (Phi) is 4.32. The summed E-state index contributed by atoms with van der Waals surface area (Å²) in [7, 11) is 0. The van der Waals surface area contributed by atoms with E-state index in [4.69, 9.17) is 12.2 Å². The Balaban J connectivity index is 4.05. The van der Waals surface area contributed by atoms with Gasteiger partial charge in [-0.2, -0.15) is 0 Å². The van der Waals surface area contributed by atoms with E-state index in [9.17, 15) is 4.79 Å². The van der Waals surface area contributed by atoms with Gasteiger partial charge in [-0.25, -0.2) is 0 Å². The summed E-state index contributed by atoms with van der Waals surface area (Å²) in [6.07, 6.45) is 5.06. The van der Waals surface area contributed by atoms with Crippen LogP contribution in [0.4, 0.5) is 0 Å². The molecule has 0 aromatic heterocycles. The molecule has 1 amide bonds. The van der Waals surface area contributed by atoms with Crippen LogP contribution in [-0.2, 0) is 4.79 Å². The van der Waals surface area contributed by atoms with Crippen LogP contribution in [0, 0.1) is 12.3 Å². The monoisotopic (exact) mass is 154 g/mol. The minimum atomic E-state index is -0.455. The van der Waals surface area contributed by atoms with Crippen LogP contribution in [0.5, 0.6) is 0 Å². The van der Waals surface area contributed by atoms with Crippen LogP contribution in [-0.4, -0.2) is 29.9 Å². The molecule has 0 heterocycles. The fourth-order valence-electron chi connectivity index (χ4n) is 0.744. The molecule has 0 aliphatic heterocycles. The van der Waals surface area contributed by atoms with E-state index >= 15 is 0 Å². The average molecular weight is 154 g/mol. The first-order valence-electron chi connectivity index (χ1n) is 3.61. The van der Waals surface area contributed by atoms with Gasteiger partial charge in [-0.3, -0.25) is 4.79 Å². The number of terminal acetylenes is 1. The highest BCUT2D eigenvalue weighted by Gasteiger charge is 2.13. The number of nitrogens with zero attached hydrogens (tertiary/aromatic N) is 1. The summed E-state index contributed by atoms with van der Waals surface area (Å²) < 4.78 is 0. The Morgan fingerprint density at radius 1 is 1.82 bits per heavy atom. The second-order valence-electron chi connectivity index (χ2n) is 2.35. The lowest BCUT2D eigenvalue weighted by molar-refractivity contribution is -0.131. The number of likely N-dealkylation sites (N-methyl/N-ethyl adjacent to an activating group) is 1. The quantitative estimate of drug-likeness (QED) is 0.573. The molecule has 0 aromatic rings. The molecular weight excluding hydrogens is 140 g/mol. The van der Waals surface area contributed by atoms with Gasteiger partial charge in [-0.15, -0.1) is 6.42 Å². The highest BCUT2D eigenvalue weighted by atomic mass is 16.2. The van der Waals surface area contributed by atoms with Gasteiger partial charge in [0.15, 0.2) is 0 Å². The highest BCUT2D eigenvalue weighted by molar-refractivity contribution is 5.81. The van der Waals surface area contributed by atoms with Crippen molar-refractivity contribution in [2.75, 3.05) is 13.1 Å². The third-order valence-electron chi connectivity index (χ3n) is 1.37. The van der Waals surface area contributed by atoms with Gasteiger partial charge in [0.05, 0.1) is 12.6 Å². The summed E-state index contributed by atoms with van der Waals surface area (Å²) in [6.45, 7) is 4.49. The number of rotatable bonds is 3. The number of carbonyl (C=O) groups excluding carboxylic acids is 1. The van der Waals surface area contributed by atoms with Crippen molar-refractivity contribution in [3.63, 3.8) is 0 Å². The number of hydrogen-bond acceptors (Lipinski definition) is 2. The van der Waals surface area contributed by atoms with Gasteiger partial charge in [0.2, 0.25) is 5.91 Å². The van der Waals surface area contributed by atoms with Crippen LogP contribution in [0.3, 0.4) is 0 Å². The number of hydrogen-bond donors (Lipinski definition) is 1. The molecule has 0 bridgehead atoms. The minimum Gasteiger partial charge on any atom is -0.330 e. The molecule has 1 unspecified atom stereocenters. The van der Waals surface area contributed by atoms with Gasteiger partial charge in [0.25, 0.3) is 0 Å². The van der Waals surface area contributed by atoms with E-state index < -0.39 is 6.04 Å². The van der Waals surface area contributed by atoms with Crippen molar-refractivity contribution in [3.05, 3.63) is 0 Å². The van der Waals surface area contributed by atoms with Gasteiger partial charge in [-0.1, -0.05) is 5.92 Å². The van der Waals surface area contributed by atoms with Crippen molar-refractivity contribution in [2.24, 2.45) is 5.73 Å². The largest absolute Gasteiger partial charge is 0.330 e. The average Bonchev–Trinajstić information content (AvgIpc) is 1.98. The van der Waals surface area contributed by atoms with E-state index in [0.29, 0.717) is 13.1 Å². The molecule has 0 radical (unpaired) electrons. The molecule has 0 spiro atoms. The zero-order chi connectivity index (χ0) is 8.85. The number of nitrogens with two attached hydrogens (primary N) is 1. The number of amides is 1. The predicted molar refractivity (Wildman–Crippen MR) is 44.7 cm³/mol. The third kappa shape index (κ3) is 3.06. The number of carbonyl (C=O) groups is 1. The lowest BCUT2D eigenvalue weighted by Gasteiger charge is -2.19. The van der Waals surface area contributed by atoms with Crippen LogP contribution in [0.1, 0.15) is 13.8 Å². The van der Waals surface area contributed by atoms with Crippen molar-refractivity contribution in [1.29, 1.82) is 0 Å². The van der Waals surface area contributed by atoms with E-state index in [1.54, 1.807) is 11.8 Å². The molecule has 0 saturated heterocycles. The minimum absolute atomic E-state index is 0.0922. The first-order chi connectivity index (χ1) is 5.13. The third-order valence-corrected chi connectivity index (χ3v) is 1.37. The van der Waals surface area contributed by atoms with Crippen LogP contribution in [0.25, 0.3) is 0 Å². The standard InChI is InChI=1S/C8H14N2O/c1-4-6-10(5-2)8(11)7(3)9/h1,7H,5-6,9H2,2-3H3. The summed E-state index contributed by atoms with van der Waals surface area (Å²) in [5.41, 5.74) is 5.38. The lowest BCUT2D eigenvalue weighted by Crippen LogP contribution is -2.42. The Morgan fingerprint density at radius 3 is 2.64 bits per heavy atom. The zero-order valence-electron chi connectivity index (χ0n) is 7.00. The molecule has 2 N–H and O–H groups in total. The van der Waals surface area contributed by atoms with Crippen LogP contribution >= 0.6 is 0 Å². The molecule has 11 heavy (non-hydrogen) atoms. The smallest absolute Gasteiger partial charge is 0.239 e. The topological polar surface area (TPSA) is 46.3 Å². The molecule has 0 fully saturated rings. The maximum Gasteiger partial charge on any atom is 0.239 e. The van der Waals surface area contributed by atoms with E-state index in [1.165, 1.54) is 0 Å². The van der Waals surface area contributed by atoms with E-state index in [0.717, 1.165) is 0 Å². The Bertz CT molecular complexity index is 169. The van der Waals surface area contributed by atoms with E-state index in [-0.39, 0.29) is 5.91 Å². The first kappa shape index (κ1) is 9.99. The normalized spacial score (nSPS) is 11.8. The molecule has 0 aliphatic carbocycles. The fourth-order valence-corrected chi connectivity index (χ4v) is 0.744. The van der Waals surface area contributed by atoms with Crippen molar-refractivity contribution in [1.82, 2.24) is 4.90 Å². The molecule has 0 aliphatic rings. The second-order valence-corrected chi connectivity index (χ2v) is 2.35. The second kappa shape index (κ2) is 4.75. The Morgan fingerprint density at radius 2 is 2.36 bits per heavy atom. The molecule has 0 rings (SSSR count). The van der Waals surface area contributed by atoms with Crippen LogP contribution in [0.2, 0.25) is 0 Å². The van der Waals surface area contributed by atoms with Gasteiger partial charge in [0, 0.05) is 6.54 Å². The van der Waals surface area contributed by atoms with Crippen molar-refractivity contribution in [3.8, 4) is 12.3 Å². The van der Waals surface area contributed by atoms with Gasteiger partial charge < -0.3 is 10.6 Å². The van der Waals surface area contributed by atoms with Gasteiger partial charge >= 0.3 is 0 Å². The predicted octanol–water partition coefficient (Wildman–Crippen LogP) is -0.185. The maximum atomic E-state index is 11.2. The van der Waals surface area contributed by atoms with Crippen molar-refractivity contribution >= 4 is 5.91 Å². The van der Waals surface area contributed by atoms with Crippen LogP contribution in [0.15, 0.2) is 0 Å². The molecule has 3 heteroatoms. The molecule has 1 atom stereocenters. The summed E-state index contributed by atoms with van der Waals surface area (Å²) >= 11 is 0. The molecular formula is C8H14N2O. The maximum absolute atomic E-state index is 11.2. The van der Waals surface area contributed by atoms with Gasteiger partial charge in [0.1, 0.15) is 0 Å². The van der Waals surface area contributed by atoms with Crippen molar-refractivity contribution < 1.29 is 4.79 Å². The SMILES string of the molecule is C#CCN(CC)C(=O)C(C)N. The summed E-state index contributed by atoms with van der Waals surface area (Å²) in [6, 6.07) is -0.455. The van der Waals surface area contributed by atoms with Gasteiger partial charge in [-0.05, 0) is 13.8 Å². The van der Waals surface area contributed by atoms with E-state index in [1.807, 2.05) is 6.92 Å². The molecule has 62 valence electrons. The van der Waals surface area contributed by atoms with E-state index in [2.05, 4.69) is 5.92 Å². The summed E-state index contributed by atoms with van der Waals surface area (Å²) in [5, 5.41) is 0. The highest BCUT2D eigenvalue weighted by Crippen LogP contribution is 1.91. The molecule has 0 saturated carbocycles.